The van der Waals surface area contributed by atoms with Gasteiger partial charge in [0, 0.05) is 17.3 Å². The lowest BCUT2D eigenvalue weighted by Crippen LogP contribution is -2.20. The van der Waals surface area contributed by atoms with Crippen LogP contribution in [0.25, 0.3) is 0 Å². The number of nitrogens with zero attached hydrogens (tertiary/aromatic N) is 1. The lowest BCUT2D eigenvalue weighted by atomic mass is 10.1. The molecule has 0 spiro atoms. The van der Waals surface area contributed by atoms with Crippen LogP contribution in [-0.4, -0.2) is 48.5 Å². The zero-order valence-corrected chi connectivity index (χ0v) is 21.3. The fourth-order valence-electron chi connectivity index (χ4n) is 3.24. The summed E-state index contributed by atoms with van der Waals surface area (Å²) in [6.45, 7) is 1.64. The van der Waals surface area contributed by atoms with Crippen molar-refractivity contribution >= 4 is 27.3 Å². The van der Waals surface area contributed by atoms with Gasteiger partial charge >= 0.3 is 0 Å². The summed E-state index contributed by atoms with van der Waals surface area (Å²) in [6, 6.07) is 16.0. The maximum Gasteiger partial charge on any atom is 0.280 e. The zero-order valence-electron chi connectivity index (χ0n) is 20.5. The van der Waals surface area contributed by atoms with Gasteiger partial charge in [-0.2, -0.15) is 18.4 Å². The summed E-state index contributed by atoms with van der Waals surface area (Å²) in [6.07, 6.45) is 0. The topological polar surface area (TPSA) is 125 Å². The molecule has 11 heteroatoms. The molecule has 0 saturated carbocycles. The summed E-state index contributed by atoms with van der Waals surface area (Å²) < 4.78 is 46.3. The van der Waals surface area contributed by atoms with Crippen molar-refractivity contribution in [2.75, 3.05) is 33.8 Å². The molecule has 3 aromatic carbocycles. The molecule has 190 valence electrons. The molecule has 0 unspecified atom stereocenters. The lowest BCUT2D eigenvalue weighted by Gasteiger charge is -2.12. The molecule has 36 heavy (non-hydrogen) atoms. The van der Waals surface area contributed by atoms with Gasteiger partial charge in [0.1, 0.15) is 16.4 Å². The van der Waals surface area contributed by atoms with Crippen molar-refractivity contribution in [3.8, 4) is 23.0 Å². The molecule has 0 bridgehead atoms. The van der Waals surface area contributed by atoms with E-state index in [0.717, 1.165) is 0 Å². The van der Waals surface area contributed by atoms with E-state index in [-0.39, 0.29) is 16.6 Å². The van der Waals surface area contributed by atoms with Gasteiger partial charge in [0.05, 0.1) is 34.2 Å². The maximum atomic E-state index is 12.8. The first-order valence-corrected chi connectivity index (χ1v) is 12.1. The van der Waals surface area contributed by atoms with Gasteiger partial charge in [-0.15, -0.1) is 0 Å². The summed E-state index contributed by atoms with van der Waals surface area (Å²) in [5.74, 6) is 1.17. The monoisotopic (exact) mass is 513 g/mol. The fraction of sp³-hybridized carbons (Fsp3) is 0.200. The third-order valence-electron chi connectivity index (χ3n) is 5.18. The average molecular weight is 514 g/mol. The minimum atomic E-state index is -4.02. The van der Waals surface area contributed by atoms with Crippen molar-refractivity contribution in [1.82, 2.24) is 4.83 Å². The lowest BCUT2D eigenvalue weighted by molar-refractivity contribution is 0.102. The number of hydrogen-bond donors (Lipinski definition) is 2. The number of methoxy groups -OCH3 is 4. The number of carbonyl (C=O) groups is 1. The van der Waals surface area contributed by atoms with Gasteiger partial charge in [-0.3, -0.25) is 4.79 Å². The first kappa shape index (κ1) is 26.4. The molecule has 3 rings (SSSR count). The number of benzene rings is 3. The Bertz CT molecular complexity index is 1390. The van der Waals surface area contributed by atoms with Crippen LogP contribution in [0.2, 0.25) is 0 Å². The molecule has 0 saturated heterocycles. The van der Waals surface area contributed by atoms with Crippen molar-refractivity contribution in [1.29, 1.82) is 0 Å². The van der Waals surface area contributed by atoms with Crippen LogP contribution in [0.3, 0.4) is 0 Å². The zero-order chi connectivity index (χ0) is 26.3. The summed E-state index contributed by atoms with van der Waals surface area (Å²) in [5.41, 5.74) is 1.86. The van der Waals surface area contributed by atoms with Crippen molar-refractivity contribution in [2.24, 2.45) is 5.10 Å². The number of ether oxygens (including phenoxy) is 4. The highest BCUT2D eigenvalue weighted by atomic mass is 32.2. The highest BCUT2D eigenvalue weighted by molar-refractivity contribution is 7.89. The number of nitrogens with one attached hydrogen (secondary N) is 2. The highest BCUT2D eigenvalue weighted by Gasteiger charge is 2.20. The third kappa shape index (κ3) is 6.05. The fourth-order valence-corrected chi connectivity index (χ4v) is 4.25. The second kappa shape index (κ2) is 11.5. The highest BCUT2D eigenvalue weighted by Crippen LogP contribution is 2.29. The van der Waals surface area contributed by atoms with Gasteiger partial charge in [-0.25, -0.2) is 0 Å². The maximum absolute atomic E-state index is 12.8. The Kier molecular flexibility index (Phi) is 8.38. The quantitative estimate of drug-likeness (QED) is 0.313. The Hall–Kier alpha value is -4.25. The van der Waals surface area contributed by atoms with Crippen LogP contribution in [0.5, 0.6) is 23.0 Å². The van der Waals surface area contributed by atoms with E-state index in [1.54, 1.807) is 49.4 Å². The molecule has 10 nitrogen and oxygen atoms in total. The molecule has 0 fully saturated rings. The predicted molar refractivity (Wildman–Crippen MR) is 136 cm³/mol. The van der Waals surface area contributed by atoms with Crippen molar-refractivity contribution in [3.05, 3.63) is 71.8 Å². The molecule has 0 radical (unpaired) electrons. The van der Waals surface area contributed by atoms with E-state index in [4.69, 9.17) is 18.9 Å². The third-order valence-corrected chi connectivity index (χ3v) is 6.43. The van der Waals surface area contributed by atoms with Crippen LogP contribution in [0.15, 0.2) is 70.7 Å². The van der Waals surface area contributed by atoms with E-state index in [1.807, 2.05) is 0 Å². The van der Waals surface area contributed by atoms with Crippen LogP contribution in [0, 0.1) is 0 Å². The molecule has 2 N–H and O–H groups in total. The Morgan fingerprint density at radius 1 is 0.778 bits per heavy atom. The Morgan fingerprint density at radius 2 is 1.50 bits per heavy atom. The van der Waals surface area contributed by atoms with Gasteiger partial charge in [-0.1, -0.05) is 12.1 Å². The number of rotatable bonds is 10. The summed E-state index contributed by atoms with van der Waals surface area (Å²) in [5, 5.41) is 6.84. The smallest absolute Gasteiger partial charge is 0.280 e. The number of anilines is 1. The van der Waals surface area contributed by atoms with Gasteiger partial charge in [0.2, 0.25) is 0 Å². The normalized spacial score (nSPS) is 11.4. The Labute approximate surface area is 209 Å². The Morgan fingerprint density at radius 3 is 2.17 bits per heavy atom. The SMILES string of the molecule is COc1ccc(S(=O)(=O)N/N=C(\C)c2cccc(NC(=O)c3ccc(OC)c(OC)c3)c2)c(OC)c1. The van der Waals surface area contributed by atoms with E-state index in [9.17, 15) is 13.2 Å². The number of amides is 1. The van der Waals surface area contributed by atoms with Crippen molar-refractivity contribution in [2.45, 2.75) is 11.8 Å². The molecular weight excluding hydrogens is 486 g/mol. The van der Waals surface area contributed by atoms with Gasteiger partial charge in [-0.05, 0) is 55.0 Å². The van der Waals surface area contributed by atoms with Crippen molar-refractivity contribution < 1.29 is 32.2 Å². The van der Waals surface area contributed by atoms with Gasteiger partial charge in [0.25, 0.3) is 15.9 Å². The van der Waals surface area contributed by atoms with Crippen LogP contribution in [0.1, 0.15) is 22.8 Å². The van der Waals surface area contributed by atoms with E-state index in [0.29, 0.717) is 39.8 Å². The largest absolute Gasteiger partial charge is 0.497 e. The second-order valence-corrected chi connectivity index (χ2v) is 9.04. The molecule has 0 aromatic heterocycles. The first-order valence-electron chi connectivity index (χ1n) is 10.6. The van der Waals surface area contributed by atoms with E-state index in [1.165, 1.54) is 46.6 Å². The van der Waals surface area contributed by atoms with Crippen molar-refractivity contribution in [3.63, 3.8) is 0 Å². The van der Waals surface area contributed by atoms with Gasteiger partial charge in [0.15, 0.2) is 11.5 Å². The number of carbonyl (C=O) groups excluding carboxylic acids is 1. The minimum absolute atomic E-state index is 0.0849. The minimum Gasteiger partial charge on any atom is -0.497 e. The molecule has 0 heterocycles. The van der Waals surface area contributed by atoms with Crippen LogP contribution < -0.4 is 29.1 Å². The molecule has 0 aliphatic carbocycles. The summed E-state index contributed by atoms with van der Waals surface area (Å²) in [7, 11) is 1.82. The molecular formula is C25H27N3O7S. The van der Waals surface area contributed by atoms with Gasteiger partial charge < -0.3 is 24.3 Å². The number of sulfonamides is 1. The molecule has 1 amide bonds. The van der Waals surface area contributed by atoms with Crippen LogP contribution >= 0.6 is 0 Å². The average Bonchev–Trinajstić information content (AvgIpc) is 2.90. The first-order chi connectivity index (χ1) is 17.2. The summed E-state index contributed by atoms with van der Waals surface area (Å²) >= 11 is 0. The Balaban J connectivity index is 1.77. The molecule has 0 aliphatic rings. The predicted octanol–water partition coefficient (Wildman–Crippen LogP) is 3.68. The van der Waals surface area contributed by atoms with Crippen LogP contribution in [-0.2, 0) is 10.0 Å². The number of hydrogen-bond acceptors (Lipinski definition) is 8. The van der Waals surface area contributed by atoms with E-state index >= 15 is 0 Å². The number of hydrazone groups is 1. The summed E-state index contributed by atoms with van der Waals surface area (Å²) in [4.78, 5) is 14.9. The van der Waals surface area contributed by atoms with E-state index < -0.39 is 10.0 Å². The molecule has 3 aromatic rings. The standard InChI is InChI=1S/C25H27N3O7S/c1-16(27-28-36(30,31)24-12-10-20(32-2)15-23(24)35-5)17-7-6-8-19(13-17)26-25(29)18-9-11-21(33-3)22(14-18)34-4/h6-15,28H,1-5H3,(H,26,29)/b27-16+. The molecule has 0 aliphatic heterocycles. The van der Waals surface area contributed by atoms with Crippen LogP contribution in [0.4, 0.5) is 5.69 Å². The second-order valence-electron chi connectivity index (χ2n) is 7.41. The molecule has 0 atom stereocenters. The van der Waals surface area contributed by atoms with E-state index in [2.05, 4.69) is 15.2 Å².